The average Bonchev–Trinajstić information content (AvgIpc) is 2.98. The third-order valence-corrected chi connectivity index (χ3v) is 3.60. The Morgan fingerprint density at radius 2 is 2.22 bits per heavy atom. The topological polar surface area (TPSA) is 82.8 Å². The first-order valence-electron chi connectivity index (χ1n) is 6.32. The molecule has 2 N–H and O–H groups in total. The quantitative estimate of drug-likeness (QED) is 0.868. The predicted octanol–water partition coefficient (Wildman–Crippen LogP) is 1.45. The van der Waals surface area contributed by atoms with Gasteiger partial charge in [-0.3, -0.25) is 0 Å². The molecule has 1 fully saturated rings. The number of nitrogens with two attached hydrogens (primary N) is 1. The summed E-state index contributed by atoms with van der Waals surface area (Å²) >= 11 is 0. The Balaban J connectivity index is 1.87. The Morgan fingerprint density at radius 1 is 1.39 bits per heavy atom. The molecule has 6 heteroatoms. The van der Waals surface area contributed by atoms with Gasteiger partial charge >= 0.3 is 0 Å². The Kier molecular flexibility index (Phi) is 2.87. The third-order valence-electron chi connectivity index (χ3n) is 3.60. The summed E-state index contributed by atoms with van der Waals surface area (Å²) in [6, 6.07) is 0.133. The summed E-state index contributed by atoms with van der Waals surface area (Å²) in [6.45, 7) is 0. The van der Waals surface area contributed by atoms with Crippen molar-refractivity contribution in [3.63, 3.8) is 0 Å². The number of hydrogen-bond donors (Lipinski definition) is 1. The van der Waals surface area contributed by atoms with Crippen molar-refractivity contribution in [1.29, 1.82) is 0 Å². The Bertz CT molecular complexity index is 532. The lowest BCUT2D eigenvalue weighted by Gasteiger charge is -2.25. The molecule has 1 aliphatic carbocycles. The molecule has 96 valence electrons. The van der Waals surface area contributed by atoms with Crippen molar-refractivity contribution in [1.82, 2.24) is 19.7 Å². The second-order valence-electron chi connectivity index (χ2n) is 4.87. The van der Waals surface area contributed by atoms with E-state index in [0.717, 1.165) is 18.7 Å². The van der Waals surface area contributed by atoms with Gasteiger partial charge in [0.2, 0.25) is 11.7 Å². The van der Waals surface area contributed by atoms with E-state index >= 15 is 0 Å². The van der Waals surface area contributed by atoms with Crippen LogP contribution in [0.3, 0.4) is 0 Å². The first-order chi connectivity index (χ1) is 8.75. The second-order valence-corrected chi connectivity index (χ2v) is 4.87. The Labute approximate surface area is 105 Å². The van der Waals surface area contributed by atoms with Crippen LogP contribution >= 0.6 is 0 Å². The van der Waals surface area contributed by atoms with E-state index in [1.807, 2.05) is 17.8 Å². The molecular weight excluding hydrogens is 230 g/mol. The summed E-state index contributed by atoms with van der Waals surface area (Å²) < 4.78 is 7.23. The molecule has 0 radical (unpaired) electrons. The zero-order valence-corrected chi connectivity index (χ0v) is 10.4. The number of imidazole rings is 1. The molecule has 1 aliphatic rings. The number of rotatable bonds is 2. The van der Waals surface area contributed by atoms with Crippen molar-refractivity contribution < 1.29 is 4.52 Å². The van der Waals surface area contributed by atoms with E-state index in [9.17, 15) is 0 Å². The number of aromatic nitrogens is 4. The lowest BCUT2D eigenvalue weighted by Crippen LogP contribution is -2.31. The van der Waals surface area contributed by atoms with Crippen molar-refractivity contribution in [2.75, 3.05) is 0 Å². The van der Waals surface area contributed by atoms with Crippen LogP contribution in [0.1, 0.15) is 37.5 Å². The lowest BCUT2D eigenvalue weighted by atomic mass is 9.85. The van der Waals surface area contributed by atoms with E-state index in [0.29, 0.717) is 11.7 Å². The van der Waals surface area contributed by atoms with E-state index in [2.05, 4.69) is 15.1 Å². The highest BCUT2D eigenvalue weighted by molar-refractivity contribution is 5.42. The molecule has 0 aromatic carbocycles. The predicted molar refractivity (Wildman–Crippen MR) is 65.7 cm³/mol. The molecule has 3 rings (SSSR count). The maximum absolute atomic E-state index is 6.12. The van der Waals surface area contributed by atoms with Gasteiger partial charge in [0.25, 0.3) is 0 Å². The van der Waals surface area contributed by atoms with Gasteiger partial charge < -0.3 is 14.8 Å². The van der Waals surface area contributed by atoms with Gasteiger partial charge in [0, 0.05) is 25.5 Å². The third kappa shape index (κ3) is 1.92. The van der Waals surface area contributed by atoms with Gasteiger partial charge in [-0.2, -0.15) is 4.98 Å². The minimum absolute atomic E-state index is 0.133. The number of hydrogen-bond acceptors (Lipinski definition) is 5. The molecule has 2 aromatic heterocycles. The summed E-state index contributed by atoms with van der Waals surface area (Å²) in [7, 11) is 1.91. The van der Waals surface area contributed by atoms with Gasteiger partial charge in [-0.15, -0.1) is 0 Å². The Hall–Kier alpha value is -1.69. The first-order valence-corrected chi connectivity index (χ1v) is 6.32. The molecule has 0 saturated heterocycles. The first kappa shape index (κ1) is 11.4. The molecule has 0 spiro atoms. The van der Waals surface area contributed by atoms with Crippen LogP contribution in [-0.4, -0.2) is 25.7 Å². The molecule has 0 bridgehead atoms. The molecule has 2 unspecified atom stereocenters. The molecule has 2 atom stereocenters. The highest BCUT2D eigenvalue weighted by Crippen LogP contribution is 2.31. The van der Waals surface area contributed by atoms with Crippen molar-refractivity contribution >= 4 is 0 Å². The molecule has 0 aliphatic heterocycles. The smallest absolute Gasteiger partial charge is 0.238 e. The Morgan fingerprint density at radius 3 is 2.94 bits per heavy atom. The van der Waals surface area contributed by atoms with Gasteiger partial charge in [-0.05, 0) is 12.8 Å². The van der Waals surface area contributed by atoms with E-state index in [-0.39, 0.29) is 12.0 Å². The molecule has 1 saturated carbocycles. The lowest BCUT2D eigenvalue weighted by molar-refractivity contribution is 0.290. The molecule has 2 aromatic rings. The monoisotopic (exact) mass is 247 g/mol. The van der Waals surface area contributed by atoms with Crippen molar-refractivity contribution in [2.45, 2.75) is 37.6 Å². The molecule has 0 amide bonds. The largest absolute Gasteiger partial charge is 0.338 e. The second kappa shape index (κ2) is 4.53. The van der Waals surface area contributed by atoms with E-state index in [4.69, 9.17) is 10.3 Å². The molecule has 6 nitrogen and oxygen atoms in total. The fraction of sp³-hybridized carbons (Fsp3) is 0.583. The zero-order valence-electron chi connectivity index (χ0n) is 10.4. The van der Waals surface area contributed by atoms with E-state index in [1.165, 1.54) is 12.8 Å². The maximum Gasteiger partial charge on any atom is 0.238 e. The summed E-state index contributed by atoms with van der Waals surface area (Å²) in [5.41, 5.74) is 6.12. The average molecular weight is 247 g/mol. The standard InChI is InChI=1S/C12H17N5O/c1-17-7-6-14-11(17)10-15-12(18-16-10)8-4-2-3-5-9(8)13/h6-9H,2-5,13H2,1H3. The molecular formula is C12H17N5O. The van der Waals surface area contributed by atoms with Crippen molar-refractivity contribution in [3.05, 3.63) is 18.3 Å². The fourth-order valence-corrected chi connectivity index (χ4v) is 2.52. The SMILES string of the molecule is Cn1ccnc1-c1noc(C2CCCCC2N)n1. The van der Waals surface area contributed by atoms with Gasteiger partial charge in [0.05, 0.1) is 5.92 Å². The zero-order chi connectivity index (χ0) is 12.5. The number of aryl methyl sites for hydroxylation is 1. The van der Waals surface area contributed by atoms with Gasteiger partial charge in [-0.1, -0.05) is 18.0 Å². The van der Waals surface area contributed by atoms with Crippen LogP contribution in [0.15, 0.2) is 16.9 Å². The van der Waals surface area contributed by atoms with Crippen molar-refractivity contribution in [2.24, 2.45) is 12.8 Å². The van der Waals surface area contributed by atoms with Crippen LogP contribution in [0.4, 0.5) is 0 Å². The number of nitrogens with zero attached hydrogens (tertiary/aromatic N) is 4. The molecule has 2 heterocycles. The highest BCUT2D eigenvalue weighted by atomic mass is 16.5. The van der Waals surface area contributed by atoms with Gasteiger partial charge in [0.15, 0.2) is 5.82 Å². The van der Waals surface area contributed by atoms with Crippen LogP contribution in [0.2, 0.25) is 0 Å². The van der Waals surface area contributed by atoms with Crippen LogP contribution in [0.25, 0.3) is 11.6 Å². The fourth-order valence-electron chi connectivity index (χ4n) is 2.52. The van der Waals surface area contributed by atoms with Crippen LogP contribution < -0.4 is 5.73 Å². The van der Waals surface area contributed by atoms with Gasteiger partial charge in [0.1, 0.15) is 0 Å². The van der Waals surface area contributed by atoms with Crippen molar-refractivity contribution in [3.8, 4) is 11.6 Å². The van der Waals surface area contributed by atoms with Gasteiger partial charge in [-0.25, -0.2) is 4.98 Å². The maximum atomic E-state index is 6.12. The summed E-state index contributed by atoms with van der Waals surface area (Å²) in [5.74, 6) is 2.10. The van der Waals surface area contributed by atoms with Crippen LogP contribution in [0.5, 0.6) is 0 Å². The summed E-state index contributed by atoms with van der Waals surface area (Å²) in [4.78, 5) is 8.66. The minimum atomic E-state index is 0.133. The normalized spacial score (nSPS) is 24.3. The summed E-state index contributed by atoms with van der Waals surface area (Å²) in [6.07, 6.45) is 8.01. The minimum Gasteiger partial charge on any atom is -0.338 e. The van der Waals surface area contributed by atoms with Crippen LogP contribution in [-0.2, 0) is 7.05 Å². The van der Waals surface area contributed by atoms with Crippen LogP contribution in [0, 0.1) is 0 Å². The molecule has 18 heavy (non-hydrogen) atoms. The van der Waals surface area contributed by atoms with E-state index in [1.54, 1.807) is 6.20 Å². The highest BCUT2D eigenvalue weighted by Gasteiger charge is 2.28. The summed E-state index contributed by atoms with van der Waals surface area (Å²) in [5, 5.41) is 4.00. The van der Waals surface area contributed by atoms with E-state index < -0.39 is 0 Å².